The summed E-state index contributed by atoms with van der Waals surface area (Å²) in [5, 5.41) is 3.29. The maximum atomic E-state index is 12.8. The van der Waals surface area contributed by atoms with E-state index in [1.807, 2.05) is 11.4 Å². The summed E-state index contributed by atoms with van der Waals surface area (Å²) in [5.41, 5.74) is 0.670. The molecule has 8 heteroatoms. The molecule has 0 saturated heterocycles. The molecule has 0 amide bonds. The molecule has 0 bridgehead atoms. The summed E-state index contributed by atoms with van der Waals surface area (Å²) in [7, 11) is 0. The number of rotatable bonds is 6. The van der Waals surface area contributed by atoms with E-state index in [0.29, 0.717) is 28.8 Å². The molecule has 0 saturated carbocycles. The zero-order chi connectivity index (χ0) is 21.1. The van der Waals surface area contributed by atoms with E-state index < -0.39 is 11.7 Å². The molecule has 0 radical (unpaired) electrons. The van der Waals surface area contributed by atoms with Crippen LogP contribution in [0.5, 0.6) is 11.5 Å². The smallest absolute Gasteiger partial charge is 0.416 e. The van der Waals surface area contributed by atoms with Crippen LogP contribution in [-0.2, 0) is 19.4 Å². The van der Waals surface area contributed by atoms with Gasteiger partial charge in [0.2, 0.25) is 0 Å². The van der Waals surface area contributed by atoms with Gasteiger partial charge in [-0.05, 0) is 41.3 Å². The van der Waals surface area contributed by atoms with Crippen LogP contribution < -0.4 is 9.47 Å². The van der Waals surface area contributed by atoms with Crippen molar-refractivity contribution >= 4 is 33.0 Å². The third kappa shape index (κ3) is 4.68. The Hall–Kier alpha value is -2.77. The Morgan fingerprint density at radius 3 is 2.43 bits per heavy atom. The van der Waals surface area contributed by atoms with Gasteiger partial charge in [-0.3, -0.25) is 0 Å². The summed E-state index contributed by atoms with van der Waals surface area (Å²) < 4.78 is 51.1. The molecule has 2 aromatic carbocycles. The molecule has 0 aliphatic rings. The lowest BCUT2D eigenvalue weighted by Crippen LogP contribution is -2.06. The molecule has 2 heterocycles. The van der Waals surface area contributed by atoms with Crippen molar-refractivity contribution in [2.45, 2.75) is 19.4 Å². The van der Waals surface area contributed by atoms with Crippen LogP contribution in [0.4, 0.5) is 13.2 Å². The molecule has 2 aromatic heterocycles. The summed E-state index contributed by atoms with van der Waals surface area (Å²) in [4.78, 5) is 4.11. The fourth-order valence-electron chi connectivity index (χ4n) is 2.93. The molecule has 3 nitrogen and oxygen atoms in total. The van der Waals surface area contributed by atoms with Gasteiger partial charge in [-0.1, -0.05) is 29.8 Å². The fourth-order valence-corrected chi connectivity index (χ4v) is 4.20. The SMILES string of the molecule is FC(F)(F)c1cccc(COc2cccc(OCc3csc4ccnc(Cl)c34)c2)c1. The summed E-state index contributed by atoms with van der Waals surface area (Å²) in [6.07, 6.45) is -2.72. The number of ether oxygens (including phenoxy) is 2. The van der Waals surface area contributed by atoms with Crippen LogP contribution in [-0.4, -0.2) is 4.98 Å². The number of benzene rings is 2. The number of aromatic nitrogens is 1. The van der Waals surface area contributed by atoms with Crippen molar-refractivity contribution in [1.82, 2.24) is 4.98 Å². The second kappa shape index (κ2) is 8.53. The van der Waals surface area contributed by atoms with Gasteiger partial charge in [-0.15, -0.1) is 11.3 Å². The molecule has 0 atom stereocenters. The number of fused-ring (bicyclic) bond motifs is 1. The van der Waals surface area contributed by atoms with Crippen LogP contribution in [0.3, 0.4) is 0 Å². The number of hydrogen-bond donors (Lipinski definition) is 0. The third-order valence-corrected chi connectivity index (χ3v) is 5.66. The zero-order valence-corrected chi connectivity index (χ0v) is 17.0. The molecular weight excluding hydrogens is 435 g/mol. The number of alkyl halides is 3. The van der Waals surface area contributed by atoms with Crippen LogP contribution in [0.25, 0.3) is 10.1 Å². The van der Waals surface area contributed by atoms with Crippen molar-refractivity contribution in [3.63, 3.8) is 0 Å². The molecule has 0 N–H and O–H groups in total. The zero-order valence-electron chi connectivity index (χ0n) is 15.4. The van der Waals surface area contributed by atoms with E-state index in [4.69, 9.17) is 21.1 Å². The van der Waals surface area contributed by atoms with E-state index in [-0.39, 0.29) is 6.61 Å². The Morgan fingerprint density at radius 2 is 1.67 bits per heavy atom. The molecule has 4 rings (SSSR count). The molecule has 0 aliphatic carbocycles. The van der Waals surface area contributed by atoms with Crippen molar-refractivity contribution in [1.29, 1.82) is 0 Å². The van der Waals surface area contributed by atoms with Gasteiger partial charge in [-0.25, -0.2) is 4.98 Å². The molecular formula is C22H15ClF3NO2S. The second-order valence-electron chi connectivity index (χ2n) is 6.49. The topological polar surface area (TPSA) is 31.4 Å². The van der Waals surface area contributed by atoms with E-state index >= 15 is 0 Å². The van der Waals surface area contributed by atoms with Gasteiger partial charge in [0, 0.05) is 27.9 Å². The highest BCUT2D eigenvalue weighted by atomic mass is 35.5. The maximum Gasteiger partial charge on any atom is 0.416 e. The number of nitrogens with zero attached hydrogens (tertiary/aromatic N) is 1. The van der Waals surface area contributed by atoms with Gasteiger partial charge in [0.15, 0.2) is 0 Å². The normalized spacial score (nSPS) is 11.6. The molecule has 0 aliphatic heterocycles. The van der Waals surface area contributed by atoms with Gasteiger partial charge < -0.3 is 9.47 Å². The van der Waals surface area contributed by atoms with Gasteiger partial charge in [0.1, 0.15) is 29.9 Å². The standard InChI is InChI=1S/C22H15ClF3NO2S/c23-21-20-15(13-30-19(20)7-8-27-21)12-29-18-6-2-5-17(10-18)28-11-14-3-1-4-16(9-14)22(24,25)26/h1-10,13H,11-12H2. The van der Waals surface area contributed by atoms with Gasteiger partial charge in [-0.2, -0.15) is 13.2 Å². The average molecular weight is 450 g/mol. The summed E-state index contributed by atoms with van der Waals surface area (Å²) >= 11 is 7.76. The quantitative estimate of drug-likeness (QED) is 0.293. The predicted molar refractivity (Wildman–Crippen MR) is 111 cm³/mol. The lowest BCUT2D eigenvalue weighted by atomic mass is 10.1. The van der Waals surface area contributed by atoms with Crippen molar-refractivity contribution in [2.24, 2.45) is 0 Å². The summed E-state index contributed by atoms with van der Waals surface area (Å²) in [6.45, 7) is 0.326. The predicted octanol–water partition coefficient (Wildman–Crippen LogP) is 7.13. The van der Waals surface area contributed by atoms with Crippen molar-refractivity contribution in [2.75, 3.05) is 0 Å². The first-order valence-corrected chi connectivity index (χ1v) is 10.2. The molecule has 0 fully saturated rings. The van der Waals surface area contributed by atoms with Crippen LogP contribution in [0.2, 0.25) is 5.15 Å². The van der Waals surface area contributed by atoms with Crippen LogP contribution in [0.15, 0.2) is 66.2 Å². The van der Waals surface area contributed by atoms with Gasteiger partial charge >= 0.3 is 6.18 Å². The molecule has 4 aromatic rings. The van der Waals surface area contributed by atoms with E-state index in [2.05, 4.69) is 4.98 Å². The third-order valence-electron chi connectivity index (χ3n) is 4.38. The van der Waals surface area contributed by atoms with Gasteiger partial charge in [0.25, 0.3) is 0 Å². The van der Waals surface area contributed by atoms with E-state index in [0.717, 1.165) is 27.8 Å². The lowest BCUT2D eigenvalue weighted by molar-refractivity contribution is -0.137. The minimum Gasteiger partial charge on any atom is -0.489 e. The van der Waals surface area contributed by atoms with Crippen molar-refractivity contribution in [3.8, 4) is 11.5 Å². The number of pyridine rings is 1. The Bertz CT molecular complexity index is 1180. The number of halogens is 4. The van der Waals surface area contributed by atoms with Crippen LogP contribution in [0.1, 0.15) is 16.7 Å². The minimum atomic E-state index is -4.38. The van der Waals surface area contributed by atoms with E-state index in [1.165, 1.54) is 6.07 Å². The molecule has 0 unspecified atom stereocenters. The van der Waals surface area contributed by atoms with Crippen molar-refractivity contribution < 1.29 is 22.6 Å². The van der Waals surface area contributed by atoms with Crippen molar-refractivity contribution in [3.05, 3.63) is 88.0 Å². The first kappa shape index (κ1) is 20.5. The first-order valence-electron chi connectivity index (χ1n) is 8.92. The Morgan fingerprint density at radius 1 is 0.933 bits per heavy atom. The molecule has 30 heavy (non-hydrogen) atoms. The largest absolute Gasteiger partial charge is 0.489 e. The average Bonchev–Trinajstić information content (AvgIpc) is 3.15. The Labute approximate surface area is 179 Å². The highest BCUT2D eigenvalue weighted by Crippen LogP contribution is 2.32. The van der Waals surface area contributed by atoms with E-state index in [9.17, 15) is 13.2 Å². The fraction of sp³-hybridized carbons (Fsp3) is 0.136. The summed E-state index contributed by atoms with van der Waals surface area (Å²) in [6, 6.07) is 13.9. The monoisotopic (exact) mass is 449 g/mol. The molecule has 0 spiro atoms. The highest BCUT2D eigenvalue weighted by molar-refractivity contribution is 7.17. The Kier molecular flexibility index (Phi) is 5.83. The first-order chi connectivity index (χ1) is 14.4. The van der Waals surface area contributed by atoms with Crippen LogP contribution >= 0.6 is 22.9 Å². The lowest BCUT2D eigenvalue weighted by Gasteiger charge is -2.11. The highest BCUT2D eigenvalue weighted by Gasteiger charge is 2.30. The van der Waals surface area contributed by atoms with E-state index in [1.54, 1.807) is 47.9 Å². The molecule has 154 valence electrons. The number of thiophene rings is 1. The van der Waals surface area contributed by atoms with Crippen LogP contribution in [0, 0.1) is 0 Å². The summed E-state index contributed by atoms with van der Waals surface area (Å²) in [5.74, 6) is 1.08. The van der Waals surface area contributed by atoms with Gasteiger partial charge in [0.05, 0.1) is 5.56 Å². The second-order valence-corrected chi connectivity index (χ2v) is 7.76. The Balaban J connectivity index is 1.42. The maximum absolute atomic E-state index is 12.8. The minimum absolute atomic E-state index is 0.0177. The number of hydrogen-bond acceptors (Lipinski definition) is 4.